The number of carbonyl (C=O) groups excluding carboxylic acids is 2. The second-order valence-corrected chi connectivity index (χ2v) is 4.08. The van der Waals surface area contributed by atoms with E-state index in [2.05, 4.69) is 0 Å². The molecule has 0 fully saturated rings. The van der Waals surface area contributed by atoms with Crippen molar-refractivity contribution >= 4 is 17.9 Å². The number of alkyl halides is 3. The Morgan fingerprint density at radius 3 is 2.11 bits per heavy atom. The summed E-state index contributed by atoms with van der Waals surface area (Å²) >= 11 is 0. The Balaban J connectivity index is 4.49. The summed E-state index contributed by atoms with van der Waals surface area (Å²) in [4.78, 5) is 33.2. The van der Waals surface area contributed by atoms with Crippen LogP contribution in [0.25, 0.3) is 0 Å². The van der Waals surface area contributed by atoms with Crippen molar-refractivity contribution in [1.29, 1.82) is 0 Å². The van der Waals surface area contributed by atoms with E-state index in [1.807, 2.05) is 0 Å². The number of urea groups is 1. The predicted octanol–water partition coefficient (Wildman–Crippen LogP) is 1.36. The van der Waals surface area contributed by atoms with Crippen LogP contribution in [0.1, 0.15) is 26.7 Å². The summed E-state index contributed by atoms with van der Waals surface area (Å²) in [6.07, 6.45) is -5.55. The van der Waals surface area contributed by atoms with Crippen molar-refractivity contribution in [2.45, 2.75) is 38.9 Å². The molecule has 110 valence electrons. The highest BCUT2D eigenvalue weighted by molar-refractivity contribution is 5.95. The number of hydrogen-bond donors (Lipinski definition) is 2. The van der Waals surface area contributed by atoms with Crippen molar-refractivity contribution in [2.75, 3.05) is 6.54 Å². The highest BCUT2D eigenvalue weighted by Crippen LogP contribution is 2.18. The van der Waals surface area contributed by atoms with Crippen molar-refractivity contribution in [2.24, 2.45) is 0 Å². The number of nitrogens with zero attached hydrogens (tertiary/aromatic N) is 1. The fraction of sp³-hybridized carbons (Fsp3) is 0.700. The molecular weight excluding hydrogens is 269 g/mol. The molecule has 19 heavy (non-hydrogen) atoms. The molecule has 9 heteroatoms. The lowest BCUT2D eigenvalue weighted by molar-refractivity contribution is -0.143. The molecule has 0 unspecified atom stereocenters. The largest absolute Gasteiger partial charge is 0.481 e. The van der Waals surface area contributed by atoms with Crippen LogP contribution in [0.3, 0.4) is 0 Å². The quantitative estimate of drug-likeness (QED) is 0.798. The number of aliphatic carboxylic acids is 1. The molecule has 0 spiro atoms. The molecule has 0 bridgehead atoms. The first kappa shape index (κ1) is 17.2. The molecule has 0 aliphatic heterocycles. The molecule has 0 aliphatic carbocycles. The minimum absolute atomic E-state index is 0.443. The molecule has 6 nitrogen and oxygen atoms in total. The second kappa shape index (κ2) is 6.95. The van der Waals surface area contributed by atoms with Crippen LogP contribution in [0.15, 0.2) is 0 Å². The third kappa shape index (κ3) is 8.01. The first-order valence-electron chi connectivity index (χ1n) is 5.42. The number of carboxylic acid groups (broad SMARTS) is 1. The Bertz CT molecular complexity index is 355. The lowest BCUT2D eigenvalue weighted by atomic mass is 10.3. The Hall–Kier alpha value is -1.80. The smallest absolute Gasteiger partial charge is 0.406 e. The lowest BCUT2D eigenvalue weighted by Crippen LogP contribution is -2.49. The Labute approximate surface area is 107 Å². The number of rotatable bonds is 5. The maximum absolute atomic E-state index is 12.2. The van der Waals surface area contributed by atoms with Gasteiger partial charge in [-0.05, 0) is 13.8 Å². The van der Waals surface area contributed by atoms with E-state index in [0.717, 1.165) is 0 Å². The van der Waals surface area contributed by atoms with Gasteiger partial charge in [0, 0.05) is 12.5 Å². The molecule has 0 aromatic heterocycles. The molecule has 0 aliphatic rings. The summed E-state index contributed by atoms with van der Waals surface area (Å²) in [5, 5.41) is 10.0. The SMILES string of the molecule is CC(C)N(CC(F)(F)F)C(=O)NC(=O)CCC(=O)O. The second-order valence-electron chi connectivity index (χ2n) is 4.08. The van der Waals surface area contributed by atoms with Gasteiger partial charge in [0.2, 0.25) is 5.91 Å². The highest BCUT2D eigenvalue weighted by atomic mass is 19.4. The Kier molecular flexibility index (Phi) is 6.30. The van der Waals surface area contributed by atoms with Gasteiger partial charge in [-0.1, -0.05) is 0 Å². The first-order valence-corrected chi connectivity index (χ1v) is 5.42. The van der Waals surface area contributed by atoms with Crippen molar-refractivity contribution in [3.05, 3.63) is 0 Å². The maximum atomic E-state index is 12.2. The van der Waals surface area contributed by atoms with Crippen LogP contribution >= 0.6 is 0 Å². The average molecular weight is 284 g/mol. The van der Waals surface area contributed by atoms with Crippen LogP contribution in [0, 0.1) is 0 Å². The normalized spacial score (nSPS) is 11.3. The van der Waals surface area contributed by atoms with Gasteiger partial charge in [-0.15, -0.1) is 0 Å². The number of amides is 3. The standard InChI is InChI=1S/C10H15F3N2O4/c1-6(2)15(5-10(11,12)13)9(19)14-7(16)3-4-8(17)18/h6H,3-5H2,1-2H3,(H,17,18)(H,14,16,19). The summed E-state index contributed by atoms with van der Waals surface area (Å²) < 4.78 is 36.7. The van der Waals surface area contributed by atoms with E-state index in [4.69, 9.17) is 5.11 Å². The molecule has 0 rings (SSSR count). The van der Waals surface area contributed by atoms with Crippen LogP contribution in [0.2, 0.25) is 0 Å². The minimum Gasteiger partial charge on any atom is -0.481 e. The van der Waals surface area contributed by atoms with E-state index in [-0.39, 0.29) is 0 Å². The number of carbonyl (C=O) groups is 3. The fourth-order valence-corrected chi connectivity index (χ4v) is 1.16. The number of nitrogens with one attached hydrogen (secondary N) is 1. The Morgan fingerprint density at radius 1 is 1.21 bits per heavy atom. The third-order valence-electron chi connectivity index (χ3n) is 2.05. The maximum Gasteiger partial charge on any atom is 0.406 e. The van der Waals surface area contributed by atoms with E-state index in [1.165, 1.54) is 13.8 Å². The third-order valence-corrected chi connectivity index (χ3v) is 2.05. The van der Waals surface area contributed by atoms with Crippen LogP contribution in [-0.2, 0) is 9.59 Å². The van der Waals surface area contributed by atoms with Crippen LogP contribution in [-0.4, -0.2) is 46.7 Å². The van der Waals surface area contributed by atoms with Crippen LogP contribution < -0.4 is 5.32 Å². The van der Waals surface area contributed by atoms with Crippen molar-refractivity contribution in [3.8, 4) is 0 Å². The molecule has 0 saturated carbocycles. The van der Waals surface area contributed by atoms with E-state index >= 15 is 0 Å². The van der Waals surface area contributed by atoms with Gasteiger partial charge in [0.15, 0.2) is 0 Å². The summed E-state index contributed by atoms with van der Waals surface area (Å²) in [5.41, 5.74) is 0. The highest BCUT2D eigenvalue weighted by Gasteiger charge is 2.34. The molecule has 0 radical (unpaired) electrons. The zero-order valence-electron chi connectivity index (χ0n) is 10.5. The van der Waals surface area contributed by atoms with Crippen molar-refractivity contribution in [1.82, 2.24) is 10.2 Å². The molecule has 0 atom stereocenters. The van der Waals surface area contributed by atoms with Gasteiger partial charge in [0.05, 0.1) is 6.42 Å². The zero-order chi connectivity index (χ0) is 15.2. The van der Waals surface area contributed by atoms with E-state index in [9.17, 15) is 27.6 Å². The molecule has 2 N–H and O–H groups in total. The number of carboxylic acids is 1. The van der Waals surface area contributed by atoms with Gasteiger partial charge in [-0.3, -0.25) is 14.9 Å². The lowest BCUT2D eigenvalue weighted by Gasteiger charge is -2.27. The van der Waals surface area contributed by atoms with Crippen LogP contribution in [0.4, 0.5) is 18.0 Å². The molecule has 0 heterocycles. The van der Waals surface area contributed by atoms with Gasteiger partial charge in [0.25, 0.3) is 0 Å². The number of hydrogen-bond acceptors (Lipinski definition) is 3. The van der Waals surface area contributed by atoms with E-state index in [0.29, 0.717) is 4.90 Å². The molecule has 3 amide bonds. The minimum atomic E-state index is -4.58. The van der Waals surface area contributed by atoms with Gasteiger partial charge >= 0.3 is 18.2 Å². The molecule has 0 aromatic rings. The summed E-state index contributed by atoms with van der Waals surface area (Å²) in [5.74, 6) is -2.17. The van der Waals surface area contributed by atoms with Crippen LogP contribution in [0.5, 0.6) is 0 Å². The van der Waals surface area contributed by atoms with E-state index < -0.39 is 49.5 Å². The average Bonchev–Trinajstić information content (AvgIpc) is 2.21. The van der Waals surface area contributed by atoms with Gasteiger partial charge in [-0.2, -0.15) is 13.2 Å². The zero-order valence-corrected chi connectivity index (χ0v) is 10.5. The van der Waals surface area contributed by atoms with Gasteiger partial charge < -0.3 is 10.0 Å². The van der Waals surface area contributed by atoms with Gasteiger partial charge in [-0.25, -0.2) is 4.79 Å². The monoisotopic (exact) mass is 284 g/mol. The van der Waals surface area contributed by atoms with Crippen molar-refractivity contribution in [3.63, 3.8) is 0 Å². The van der Waals surface area contributed by atoms with Crippen molar-refractivity contribution < 1.29 is 32.7 Å². The topological polar surface area (TPSA) is 86.7 Å². The first-order chi connectivity index (χ1) is 8.53. The van der Waals surface area contributed by atoms with Gasteiger partial charge in [0.1, 0.15) is 6.54 Å². The summed E-state index contributed by atoms with van der Waals surface area (Å²) in [6.45, 7) is 1.25. The summed E-state index contributed by atoms with van der Waals surface area (Å²) in [7, 11) is 0. The molecule has 0 aromatic carbocycles. The molecular formula is C10H15F3N2O4. The Morgan fingerprint density at radius 2 is 1.74 bits per heavy atom. The predicted molar refractivity (Wildman–Crippen MR) is 58.3 cm³/mol. The summed E-state index contributed by atoms with van der Waals surface area (Å²) in [6, 6.07) is -1.95. The number of halogens is 3. The molecule has 0 saturated heterocycles. The number of imide groups is 1. The fourth-order valence-electron chi connectivity index (χ4n) is 1.16. The van der Waals surface area contributed by atoms with E-state index in [1.54, 1.807) is 5.32 Å².